The molecule has 126 valence electrons. The van der Waals surface area contributed by atoms with Crippen LogP contribution in [0, 0.1) is 12.3 Å². The SMILES string of the molecule is Cc1ccc(C(=O)OCC2(C)COC(c3ccccc3)OC2)cc1. The summed E-state index contributed by atoms with van der Waals surface area (Å²) in [6, 6.07) is 17.2. The van der Waals surface area contributed by atoms with E-state index in [-0.39, 0.29) is 24.3 Å². The highest BCUT2D eigenvalue weighted by Gasteiger charge is 2.34. The fourth-order valence-corrected chi connectivity index (χ4v) is 2.54. The molecule has 3 rings (SSSR count). The Morgan fingerprint density at radius 3 is 2.33 bits per heavy atom. The number of hydrogen-bond donors (Lipinski definition) is 0. The summed E-state index contributed by atoms with van der Waals surface area (Å²) in [4.78, 5) is 12.1. The average molecular weight is 326 g/mol. The number of hydrogen-bond acceptors (Lipinski definition) is 4. The zero-order valence-electron chi connectivity index (χ0n) is 14.0. The molecule has 1 fully saturated rings. The molecule has 0 atom stereocenters. The lowest BCUT2D eigenvalue weighted by atomic mass is 9.93. The number of esters is 1. The quantitative estimate of drug-likeness (QED) is 0.799. The van der Waals surface area contributed by atoms with Gasteiger partial charge in [-0.05, 0) is 19.1 Å². The summed E-state index contributed by atoms with van der Waals surface area (Å²) in [5, 5.41) is 0. The molecule has 0 spiro atoms. The highest BCUT2D eigenvalue weighted by atomic mass is 16.7. The molecular weight excluding hydrogens is 304 g/mol. The van der Waals surface area contributed by atoms with Crippen LogP contribution in [0.15, 0.2) is 54.6 Å². The summed E-state index contributed by atoms with van der Waals surface area (Å²) >= 11 is 0. The van der Waals surface area contributed by atoms with Crippen LogP contribution < -0.4 is 0 Å². The van der Waals surface area contributed by atoms with Gasteiger partial charge in [-0.25, -0.2) is 4.79 Å². The summed E-state index contributed by atoms with van der Waals surface area (Å²) in [5.74, 6) is -0.318. The van der Waals surface area contributed by atoms with Crippen molar-refractivity contribution >= 4 is 5.97 Å². The lowest BCUT2D eigenvalue weighted by Crippen LogP contribution is -2.40. The molecule has 0 bridgehead atoms. The molecule has 4 nitrogen and oxygen atoms in total. The number of benzene rings is 2. The van der Waals surface area contributed by atoms with Crippen LogP contribution in [0.2, 0.25) is 0 Å². The van der Waals surface area contributed by atoms with Gasteiger partial charge in [0.2, 0.25) is 0 Å². The molecule has 0 saturated carbocycles. The predicted octanol–water partition coefficient (Wildman–Crippen LogP) is 3.90. The molecule has 4 heteroatoms. The molecule has 1 saturated heterocycles. The summed E-state index contributed by atoms with van der Waals surface area (Å²) in [7, 11) is 0. The highest BCUT2D eigenvalue weighted by molar-refractivity contribution is 5.89. The maximum absolute atomic E-state index is 12.1. The molecule has 2 aromatic carbocycles. The van der Waals surface area contributed by atoms with E-state index in [0.29, 0.717) is 18.8 Å². The second-order valence-electron chi connectivity index (χ2n) is 6.62. The number of aryl methyl sites for hydroxylation is 1. The maximum Gasteiger partial charge on any atom is 0.338 e. The fraction of sp³-hybridized carbons (Fsp3) is 0.350. The van der Waals surface area contributed by atoms with E-state index in [1.54, 1.807) is 12.1 Å². The number of carbonyl (C=O) groups excluding carboxylic acids is 1. The van der Waals surface area contributed by atoms with Gasteiger partial charge in [-0.3, -0.25) is 0 Å². The fourth-order valence-electron chi connectivity index (χ4n) is 2.54. The van der Waals surface area contributed by atoms with Crippen molar-refractivity contribution in [1.82, 2.24) is 0 Å². The first-order chi connectivity index (χ1) is 11.6. The third kappa shape index (κ3) is 4.02. The van der Waals surface area contributed by atoms with Crippen LogP contribution in [0.5, 0.6) is 0 Å². The molecule has 0 N–H and O–H groups in total. The van der Waals surface area contributed by atoms with E-state index >= 15 is 0 Å². The normalized spacial score (nSPS) is 23.7. The first-order valence-corrected chi connectivity index (χ1v) is 8.08. The van der Waals surface area contributed by atoms with Crippen molar-refractivity contribution in [3.8, 4) is 0 Å². The van der Waals surface area contributed by atoms with Crippen molar-refractivity contribution in [2.45, 2.75) is 20.1 Å². The van der Waals surface area contributed by atoms with Gasteiger partial charge in [0.25, 0.3) is 0 Å². The lowest BCUT2D eigenvalue weighted by Gasteiger charge is -2.36. The van der Waals surface area contributed by atoms with E-state index in [1.807, 2.05) is 56.3 Å². The Kier molecular flexibility index (Phi) is 4.97. The second-order valence-corrected chi connectivity index (χ2v) is 6.62. The van der Waals surface area contributed by atoms with E-state index in [2.05, 4.69) is 0 Å². The van der Waals surface area contributed by atoms with E-state index in [9.17, 15) is 4.79 Å². The van der Waals surface area contributed by atoms with Crippen LogP contribution >= 0.6 is 0 Å². The molecule has 0 aliphatic carbocycles. The first-order valence-electron chi connectivity index (χ1n) is 8.08. The zero-order valence-corrected chi connectivity index (χ0v) is 14.0. The van der Waals surface area contributed by atoms with Crippen molar-refractivity contribution in [3.63, 3.8) is 0 Å². The number of ether oxygens (including phenoxy) is 3. The predicted molar refractivity (Wildman–Crippen MR) is 90.7 cm³/mol. The van der Waals surface area contributed by atoms with Crippen molar-refractivity contribution in [2.24, 2.45) is 5.41 Å². The molecule has 0 aromatic heterocycles. The zero-order chi connectivity index (χ0) is 17.0. The van der Waals surface area contributed by atoms with E-state index < -0.39 is 0 Å². The van der Waals surface area contributed by atoms with Crippen LogP contribution in [0.1, 0.15) is 34.7 Å². The molecule has 0 unspecified atom stereocenters. The number of carbonyl (C=O) groups is 1. The van der Waals surface area contributed by atoms with Crippen LogP contribution in [-0.4, -0.2) is 25.8 Å². The Hall–Kier alpha value is -2.17. The van der Waals surface area contributed by atoms with Crippen LogP contribution in [0.4, 0.5) is 0 Å². The van der Waals surface area contributed by atoms with Gasteiger partial charge in [0.15, 0.2) is 6.29 Å². The van der Waals surface area contributed by atoms with Crippen molar-refractivity contribution in [2.75, 3.05) is 19.8 Å². The Morgan fingerprint density at radius 1 is 1.08 bits per heavy atom. The Balaban J connectivity index is 1.53. The minimum atomic E-state index is -0.355. The summed E-state index contributed by atoms with van der Waals surface area (Å²) in [5.41, 5.74) is 2.32. The van der Waals surface area contributed by atoms with Gasteiger partial charge in [-0.2, -0.15) is 0 Å². The third-order valence-electron chi connectivity index (χ3n) is 4.08. The largest absolute Gasteiger partial charge is 0.461 e. The van der Waals surface area contributed by atoms with Gasteiger partial charge >= 0.3 is 5.97 Å². The highest BCUT2D eigenvalue weighted by Crippen LogP contribution is 2.31. The standard InChI is InChI=1S/C20H22O4/c1-15-8-10-16(11-9-15)18(21)22-12-20(2)13-23-19(24-14-20)17-6-4-3-5-7-17/h3-11,19H,12-14H2,1-2H3. The topological polar surface area (TPSA) is 44.8 Å². The van der Waals surface area contributed by atoms with Gasteiger partial charge in [-0.1, -0.05) is 55.0 Å². The van der Waals surface area contributed by atoms with E-state index in [0.717, 1.165) is 11.1 Å². The summed E-state index contributed by atoms with van der Waals surface area (Å²) in [6.45, 7) is 5.20. The summed E-state index contributed by atoms with van der Waals surface area (Å²) < 4.78 is 17.1. The molecule has 0 amide bonds. The Morgan fingerprint density at radius 2 is 1.71 bits per heavy atom. The molecule has 1 heterocycles. The Bertz CT molecular complexity index is 671. The minimum Gasteiger partial charge on any atom is -0.461 e. The molecule has 0 radical (unpaired) electrons. The lowest BCUT2D eigenvalue weighted by molar-refractivity contribution is -0.236. The third-order valence-corrected chi connectivity index (χ3v) is 4.08. The smallest absolute Gasteiger partial charge is 0.338 e. The minimum absolute atomic E-state index is 0.265. The second kappa shape index (κ2) is 7.16. The maximum atomic E-state index is 12.1. The van der Waals surface area contributed by atoms with Crippen molar-refractivity contribution in [3.05, 3.63) is 71.3 Å². The molecule has 1 aliphatic rings. The van der Waals surface area contributed by atoms with Gasteiger partial charge in [0, 0.05) is 11.0 Å². The van der Waals surface area contributed by atoms with Gasteiger partial charge in [-0.15, -0.1) is 0 Å². The Labute approximate surface area is 142 Å². The van der Waals surface area contributed by atoms with Gasteiger partial charge in [0.1, 0.15) is 6.61 Å². The molecule has 1 aliphatic heterocycles. The summed E-state index contributed by atoms with van der Waals surface area (Å²) in [6.07, 6.45) is -0.355. The van der Waals surface area contributed by atoms with Gasteiger partial charge in [0.05, 0.1) is 18.8 Å². The first kappa shape index (κ1) is 16.7. The van der Waals surface area contributed by atoms with E-state index in [1.165, 1.54) is 0 Å². The van der Waals surface area contributed by atoms with Crippen molar-refractivity contribution in [1.29, 1.82) is 0 Å². The monoisotopic (exact) mass is 326 g/mol. The molecule has 24 heavy (non-hydrogen) atoms. The molecule has 2 aromatic rings. The van der Waals surface area contributed by atoms with E-state index in [4.69, 9.17) is 14.2 Å². The van der Waals surface area contributed by atoms with Gasteiger partial charge < -0.3 is 14.2 Å². The molecular formula is C20H22O4. The van der Waals surface area contributed by atoms with Crippen molar-refractivity contribution < 1.29 is 19.0 Å². The van der Waals surface area contributed by atoms with Crippen LogP contribution in [-0.2, 0) is 14.2 Å². The average Bonchev–Trinajstić information content (AvgIpc) is 2.62. The van der Waals surface area contributed by atoms with Crippen LogP contribution in [0.3, 0.4) is 0 Å². The number of rotatable bonds is 4. The van der Waals surface area contributed by atoms with Crippen LogP contribution in [0.25, 0.3) is 0 Å².